The van der Waals surface area contributed by atoms with Gasteiger partial charge in [-0.1, -0.05) is 60.3 Å². The highest BCUT2D eigenvalue weighted by molar-refractivity contribution is 7.99. The fourth-order valence-electron chi connectivity index (χ4n) is 2.75. The maximum absolute atomic E-state index is 12.5. The molecule has 4 nitrogen and oxygen atoms in total. The molecule has 0 radical (unpaired) electrons. The molecule has 0 aliphatic rings. The number of thiophene rings is 1. The molecule has 0 unspecified atom stereocenters. The Morgan fingerprint density at radius 2 is 1.88 bits per heavy atom. The number of thioether (sulfide) groups is 1. The fraction of sp³-hybridized carbons (Fsp3) is 0.100. The van der Waals surface area contributed by atoms with Gasteiger partial charge in [0.15, 0.2) is 5.16 Å². The number of carbonyl (C=O) groups is 1. The van der Waals surface area contributed by atoms with Crippen molar-refractivity contribution in [2.45, 2.75) is 11.2 Å². The smallest absolute Gasteiger partial charge is 0.231 e. The van der Waals surface area contributed by atoms with Gasteiger partial charge >= 0.3 is 0 Å². The van der Waals surface area contributed by atoms with Crippen molar-refractivity contribution < 1.29 is 4.79 Å². The molecule has 1 amide bonds. The molecule has 4 rings (SSSR count). The largest absolute Gasteiger partial charge is 0.344 e. The molecule has 0 aliphatic carbocycles. The molecule has 2 heterocycles. The van der Waals surface area contributed by atoms with Crippen LogP contribution in [-0.4, -0.2) is 21.6 Å². The zero-order valence-corrected chi connectivity index (χ0v) is 15.5. The van der Waals surface area contributed by atoms with Crippen LogP contribution in [0.2, 0.25) is 0 Å². The van der Waals surface area contributed by atoms with Gasteiger partial charge in [-0.25, -0.2) is 4.98 Å². The molecule has 2 aromatic carbocycles. The number of aromatic amines is 1. The van der Waals surface area contributed by atoms with Crippen LogP contribution in [0.5, 0.6) is 0 Å². The van der Waals surface area contributed by atoms with Crippen LogP contribution in [0.1, 0.15) is 16.5 Å². The third-order valence-electron chi connectivity index (χ3n) is 3.97. The van der Waals surface area contributed by atoms with Gasteiger partial charge in [0.25, 0.3) is 0 Å². The summed E-state index contributed by atoms with van der Waals surface area (Å²) in [5, 5.41) is 5.94. The van der Waals surface area contributed by atoms with Crippen molar-refractivity contribution in [2.75, 3.05) is 5.75 Å². The van der Waals surface area contributed by atoms with E-state index >= 15 is 0 Å². The summed E-state index contributed by atoms with van der Waals surface area (Å²) in [6.45, 7) is 0. The van der Waals surface area contributed by atoms with Crippen LogP contribution in [0.4, 0.5) is 0 Å². The molecular formula is C20H17N3OS2. The predicted octanol–water partition coefficient (Wildman–Crippen LogP) is 4.62. The Bertz CT molecular complexity index is 963. The van der Waals surface area contributed by atoms with Crippen LogP contribution in [0.3, 0.4) is 0 Å². The number of aromatic nitrogens is 2. The van der Waals surface area contributed by atoms with E-state index in [1.54, 1.807) is 11.3 Å². The first kappa shape index (κ1) is 16.9. The number of H-pyrrole nitrogens is 1. The van der Waals surface area contributed by atoms with E-state index in [0.29, 0.717) is 5.75 Å². The number of para-hydroxylation sites is 2. The quantitative estimate of drug-likeness (QED) is 0.481. The Labute approximate surface area is 159 Å². The zero-order valence-electron chi connectivity index (χ0n) is 13.9. The molecule has 4 aromatic rings. The van der Waals surface area contributed by atoms with E-state index in [-0.39, 0.29) is 11.9 Å². The molecule has 0 fully saturated rings. The maximum Gasteiger partial charge on any atom is 0.231 e. The average molecular weight is 380 g/mol. The van der Waals surface area contributed by atoms with Gasteiger partial charge in [-0.3, -0.25) is 4.79 Å². The van der Waals surface area contributed by atoms with Crippen molar-refractivity contribution >= 4 is 40.0 Å². The Kier molecular flexibility index (Phi) is 5.04. The summed E-state index contributed by atoms with van der Waals surface area (Å²) in [6, 6.07) is 21.8. The first-order valence-corrected chi connectivity index (χ1v) is 10.1. The van der Waals surface area contributed by atoms with Gasteiger partial charge in [0.1, 0.15) is 0 Å². The topological polar surface area (TPSA) is 57.8 Å². The number of nitrogens with zero attached hydrogens (tertiary/aromatic N) is 1. The average Bonchev–Trinajstić information content (AvgIpc) is 3.34. The van der Waals surface area contributed by atoms with Gasteiger partial charge in [-0.05, 0) is 29.1 Å². The first-order chi connectivity index (χ1) is 12.8. The van der Waals surface area contributed by atoms with Crippen LogP contribution >= 0.6 is 23.1 Å². The summed E-state index contributed by atoms with van der Waals surface area (Å²) in [6.07, 6.45) is 0. The third-order valence-corrected chi connectivity index (χ3v) is 5.78. The SMILES string of the molecule is O=C(CSc1nc2ccccc2[nH]1)N[C@H](c1ccccc1)c1cccs1. The molecule has 6 heteroatoms. The number of rotatable bonds is 6. The molecule has 0 aliphatic heterocycles. The lowest BCUT2D eigenvalue weighted by molar-refractivity contribution is -0.119. The van der Waals surface area contributed by atoms with Gasteiger partial charge in [0, 0.05) is 4.88 Å². The van der Waals surface area contributed by atoms with Gasteiger partial charge in [0.2, 0.25) is 5.91 Å². The second-order valence-corrected chi connectivity index (χ2v) is 7.72. The predicted molar refractivity (Wildman–Crippen MR) is 108 cm³/mol. The second-order valence-electron chi connectivity index (χ2n) is 5.77. The van der Waals surface area contributed by atoms with E-state index in [0.717, 1.165) is 26.6 Å². The van der Waals surface area contributed by atoms with E-state index in [1.807, 2.05) is 66.0 Å². The Balaban J connectivity index is 1.45. The van der Waals surface area contributed by atoms with Crippen LogP contribution in [0.25, 0.3) is 11.0 Å². The first-order valence-electron chi connectivity index (χ1n) is 8.25. The minimum atomic E-state index is -0.125. The minimum Gasteiger partial charge on any atom is -0.344 e. The number of nitrogens with one attached hydrogen (secondary N) is 2. The van der Waals surface area contributed by atoms with E-state index in [2.05, 4.69) is 21.4 Å². The third kappa shape index (κ3) is 3.81. The molecule has 1 atom stereocenters. The second kappa shape index (κ2) is 7.76. The summed E-state index contributed by atoms with van der Waals surface area (Å²) < 4.78 is 0. The van der Waals surface area contributed by atoms with E-state index in [9.17, 15) is 4.79 Å². The molecule has 2 aromatic heterocycles. The van der Waals surface area contributed by atoms with Crippen LogP contribution < -0.4 is 5.32 Å². The Morgan fingerprint density at radius 3 is 2.65 bits per heavy atom. The van der Waals surface area contributed by atoms with E-state index < -0.39 is 0 Å². The number of hydrogen-bond donors (Lipinski definition) is 2. The number of benzene rings is 2. The van der Waals surface area contributed by atoms with Gasteiger partial charge in [0.05, 0.1) is 22.8 Å². The van der Waals surface area contributed by atoms with E-state index in [1.165, 1.54) is 11.8 Å². The van der Waals surface area contributed by atoms with Crippen LogP contribution in [-0.2, 0) is 4.79 Å². The highest BCUT2D eigenvalue weighted by Crippen LogP contribution is 2.26. The van der Waals surface area contributed by atoms with E-state index in [4.69, 9.17) is 0 Å². The number of imidazole rings is 1. The van der Waals surface area contributed by atoms with Crippen LogP contribution in [0, 0.1) is 0 Å². The zero-order chi connectivity index (χ0) is 17.8. The molecule has 130 valence electrons. The number of fused-ring (bicyclic) bond motifs is 1. The molecule has 0 saturated carbocycles. The summed E-state index contributed by atoms with van der Waals surface area (Å²) in [5.74, 6) is 0.298. The molecule has 26 heavy (non-hydrogen) atoms. The lowest BCUT2D eigenvalue weighted by Gasteiger charge is -2.17. The van der Waals surface area contributed by atoms with Gasteiger partial charge in [-0.2, -0.15) is 0 Å². The van der Waals surface area contributed by atoms with Gasteiger partial charge < -0.3 is 10.3 Å². The monoisotopic (exact) mass is 379 g/mol. The summed E-state index contributed by atoms with van der Waals surface area (Å²) in [7, 11) is 0. The van der Waals surface area contributed by atoms with Crippen molar-refractivity contribution in [2.24, 2.45) is 0 Å². The molecule has 0 bridgehead atoms. The van der Waals surface area contributed by atoms with Crippen molar-refractivity contribution in [1.82, 2.24) is 15.3 Å². The highest BCUT2D eigenvalue weighted by atomic mass is 32.2. The molecular weight excluding hydrogens is 362 g/mol. The summed E-state index contributed by atoms with van der Waals surface area (Å²) >= 11 is 3.06. The molecule has 0 spiro atoms. The van der Waals surface area contributed by atoms with Gasteiger partial charge in [-0.15, -0.1) is 11.3 Å². The number of amides is 1. The van der Waals surface area contributed by atoms with Crippen molar-refractivity contribution in [3.8, 4) is 0 Å². The van der Waals surface area contributed by atoms with Crippen molar-refractivity contribution in [3.63, 3.8) is 0 Å². The molecule has 2 N–H and O–H groups in total. The lowest BCUT2D eigenvalue weighted by Crippen LogP contribution is -2.30. The lowest BCUT2D eigenvalue weighted by atomic mass is 10.1. The fourth-order valence-corrected chi connectivity index (χ4v) is 4.25. The number of hydrogen-bond acceptors (Lipinski definition) is 4. The molecule has 0 saturated heterocycles. The van der Waals surface area contributed by atoms with Crippen LogP contribution in [0.15, 0.2) is 77.3 Å². The Hall–Kier alpha value is -2.57. The highest BCUT2D eigenvalue weighted by Gasteiger charge is 2.18. The maximum atomic E-state index is 12.5. The summed E-state index contributed by atoms with van der Waals surface area (Å²) in [5.41, 5.74) is 2.98. The van der Waals surface area contributed by atoms with Crippen molar-refractivity contribution in [3.05, 3.63) is 82.6 Å². The van der Waals surface area contributed by atoms with Crippen molar-refractivity contribution in [1.29, 1.82) is 0 Å². The summed E-state index contributed by atoms with van der Waals surface area (Å²) in [4.78, 5) is 21.4. The standard InChI is InChI=1S/C20H17N3OS2/c24-18(13-26-20-21-15-9-4-5-10-16(15)22-20)23-19(17-11-6-12-25-17)14-7-2-1-3-8-14/h1-12,19H,13H2,(H,21,22)(H,23,24)/t19-/m1/s1. The number of carbonyl (C=O) groups excluding carboxylic acids is 1. The minimum absolute atomic E-state index is 0.0160. The Morgan fingerprint density at radius 1 is 1.08 bits per heavy atom. The normalized spacial score (nSPS) is 12.2.